The Balaban J connectivity index is 2.46. The number of hydrogen-bond donors (Lipinski definition) is 0. The maximum atomic E-state index is 12.1. The van der Waals surface area contributed by atoms with E-state index >= 15 is 0 Å². The summed E-state index contributed by atoms with van der Waals surface area (Å²) in [7, 11) is -1.85. The second-order valence-corrected chi connectivity index (χ2v) is 7.71. The van der Waals surface area contributed by atoms with Gasteiger partial charge in [0.05, 0.1) is 7.11 Å². The lowest BCUT2D eigenvalue weighted by atomic mass is 9.54. The third-order valence-corrected chi connectivity index (χ3v) is 6.00. The second-order valence-electron chi connectivity index (χ2n) is 5.73. The molecule has 0 saturated heterocycles. The van der Waals surface area contributed by atoms with Gasteiger partial charge in [-0.3, -0.25) is 4.79 Å². The molecular formula is C16H22O4S. The van der Waals surface area contributed by atoms with Crippen molar-refractivity contribution in [1.29, 1.82) is 0 Å². The molecule has 0 N–H and O–H groups in total. The summed E-state index contributed by atoms with van der Waals surface area (Å²) in [5.41, 5.74) is 0.694. The molecule has 1 atom stereocenters. The summed E-state index contributed by atoms with van der Waals surface area (Å²) in [6.45, 7) is 4.07. The molecule has 0 aliphatic heterocycles. The van der Waals surface area contributed by atoms with Crippen LogP contribution in [0.2, 0.25) is 0 Å². The molecule has 4 nitrogen and oxygen atoms in total. The van der Waals surface area contributed by atoms with E-state index in [1.165, 1.54) is 13.4 Å². The van der Waals surface area contributed by atoms with Crippen molar-refractivity contribution in [2.24, 2.45) is 5.41 Å². The standard InChI is InChI=1S/C16H22O4S/c1-5-16(6-2)12(10-15(16)17)11-7-8-14(21(4,18)19)13(9-11)20-3/h7-9,12H,5-6,10H2,1-4H3. The van der Waals surface area contributed by atoms with Crippen LogP contribution in [-0.4, -0.2) is 27.6 Å². The number of benzene rings is 1. The largest absolute Gasteiger partial charge is 0.495 e. The number of hydrogen-bond acceptors (Lipinski definition) is 4. The minimum absolute atomic E-state index is 0.155. The van der Waals surface area contributed by atoms with Gasteiger partial charge in [0.25, 0.3) is 0 Å². The molecule has 0 spiro atoms. The fraction of sp³-hybridized carbons (Fsp3) is 0.562. The first kappa shape index (κ1) is 16.0. The van der Waals surface area contributed by atoms with Gasteiger partial charge < -0.3 is 4.74 Å². The van der Waals surface area contributed by atoms with Crippen molar-refractivity contribution in [2.45, 2.75) is 43.9 Å². The molecular weight excluding hydrogens is 288 g/mol. The summed E-state index contributed by atoms with van der Waals surface area (Å²) in [5, 5.41) is 0. The van der Waals surface area contributed by atoms with Crippen LogP contribution in [-0.2, 0) is 14.6 Å². The van der Waals surface area contributed by atoms with Gasteiger partial charge in [-0.1, -0.05) is 19.9 Å². The molecule has 1 unspecified atom stereocenters. The maximum absolute atomic E-state index is 12.1. The highest BCUT2D eigenvalue weighted by Gasteiger charge is 2.52. The van der Waals surface area contributed by atoms with Crippen molar-refractivity contribution in [3.63, 3.8) is 0 Å². The number of Topliss-reactive ketones (excluding diaryl/α,β-unsaturated/α-hetero) is 1. The van der Waals surface area contributed by atoms with Crippen LogP contribution in [0.3, 0.4) is 0 Å². The number of sulfone groups is 1. The quantitative estimate of drug-likeness (QED) is 0.839. The van der Waals surface area contributed by atoms with E-state index in [0.29, 0.717) is 18.0 Å². The van der Waals surface area contributed by atoms with E-state index in [-0.39, 0.29) is 16.2 Å². The van der Waals surface area contributed by atoms with Gasteiger partial charge in [-0.05, 0) is 30.5 Å². The zero-order chi connectivity index (χ0) is 15.8. The van der Waals surface area contributed by atoms with Crippen molar-refractivity contribution < 1.29 is 17.9 Å². The van der Waals surface area contributed by atoms with Crippen LogP contribution in [0, 0.1) is 5.41 Å². The number of ketones is 1. The Bertz CT molecular complexity index is 657. The molecule has 0 radical (unpaired) electrons. The van der Waals surface area contributed by atoms with Gasteiger partial charge in [0.1, 0.15) is 16.4 Å². The summed E-state index contributed by atoms with van der Waals surface area (Å²) < 4.78 is 28.7. The number of carbonyl (C=O) groups is 1. The van der Waals surface area contributed by atoms with Gasteiger partial charge in [0, 0.05) is 24.0 Å². The summed E-state index contributed by atoms with van der Waals surface area (Å²) >= 11 is 0. The molecule has 0 heterocycles. The Morgan fingerprint density at radius 2 is 1.90 bits per heavy atom. The fourth-order valence-electron chi connectivity index (χ4n) is 3.43. The Morgan fingerprint density at radius 1 is 1.29 bits per heavy atom. The normalized spacial score (nSPS) is 21.0. The predicted molar refractivity (Wildman–Crippen MR) is 81.5 cm³/mol. The summed E-state index contributed by atoms with van der Waals surface area (Å²) in [6.07, 6.45) is 3.31. The number of carbonyl (C=O) groups excluding carboxylic acids is 1. The first-order chi connectivity index (χ1) is 9.80. The SMILES string of the molecule is CCC1(CC)C(=O)CC1c1ccc(S(C)(=O)=O)c(OC)c1. The van der Waals surface area contributed by atoms with E-state index in [4.69, 9.17) is 4.74 Å². The smallest absolute Gasteiger partial charge is 0.179 e. The van der Waals surface area contributed by atoms with Gasteiger partial charge in [-0.15, -0.1) is 0 Å². The topological polar surface area (TPSA) is 60.4 Å². The molecule has 21 heavy (non-hydrogen) atoms. The lowest BCUT2D eigenvalue weighted by molar-refractivity contribution is -0.141. The molecule has 0 amide bonds. The average Bonchev–Trinajstić information content (AvgIpc) is 2.44. The third kappa shape index (κ3) is 2.48. The molecule has 5 heteroatoms. The molecule has 1 aromatic carbocycles. The average molecular weight is 310 g/mol. The van der Waals surface area contributed by atoms with Gasteiger partial charge in [0.2, 0.25) is 0 Å². The lowest BCUT2D eigenvalue weighted by Crippen LogP contribution is -2.47. The van der Waals surface area contributed by atoms with Crippen molar-refractivity contribution >= 4 is 15.6 Å². The maximum Gasteiger partial charge on any atom is 0.179 e. The first-order valence-electron chi connectivity index (χ1n) is 7.21. The van der Waals surface area contributed by atoms with Crippen molar-refractivity contribution in [3.8, 4) is 5.75 Å². The van der Waals surface area contributed by atoms with E-state index < -0.39 is 9.84 Å². The minimum Gasteiger partial charge on any atom is -0.495 e. The molecule has 0 aromatic heterocycles. The first-order valence-corrected chi connectivity index (χ1v) is 9.10. The Kier molecular flexibility index (Phi) is 4.15. The number of rotatable bonds is 5. The van der Waals surface area contributed by atoms with Crippen LogP contribution >= 0.6 is 0 Å². The number of methoxy groups -OCH3 is 1. The Labute approximate surface area is 126 Å². The predicted octanol–water partition coefficient (Wildman–Crippen LogP) is 2.96. The van der Waals surface area contributed by atoms with Gasteiger partial charge in [-0.25, -0.2) is 8.42 Å². The highest BCUT2D eigenvalue weighted by atomic mass is 32.2. The molecule has 1 aliphatic rings. The van der Waals surface area contributed by atoms with E-state index in [0.717, 1.165) is 18.4 Å². The third-order valence-electron chi connectivity index (χ3n) is 4.86. The zero-order valence-electron chi connectivity index (χ0n) is 13.0. The Morgan fingerprint density at radius 3 is 2.33 bits per heavy atom. The summed E-state index contributed by atoms with van der Waals surface area (Å²) in [4.78, 5) is 12.2. The zero-order valence-corrected chi connectivity index (χ0v) is 13.8. The Hall–Kier alpha value is -1.36. The van der Waals surface area contributed by atoms with Crippen molar-refractivity contribution in [2.75, 3.05) is 13.4 Å². The molecule has 2 rings (SSSR count). The van der Waals surface area contributed by atoms with Crippen LogP contribution in [0.25, 0.3) is 0 Å². The van der Waals surface area contributed by atoms with E-state index in [9.17, 15) is 13.2 Å². The molecule has 1 saturated carbocycles. The molecule has 1 fully saturated rings. The van der Waals surface area contributed by atoms with E-state index in [1.807, 2.05) is 19.9 Å². The summed E-state index contributed by atoms with van der Waals surface area (Å²) in [5.74, 6) is 0.821. The van der Waals surface area contributed by atoms with Crippen LogP contribution < -0.4 is 4.74 Å². The van der Waals surface area contributed by atoms with Crippen LogP contribution in [0.15, 0.2) is 23.1 Å². The highest BCUT2D eigenvalue weighted by Crippen LogP contribution is 2.54. The molecule has 116 valence electrons. The second kappa shape index (κ2) is 5.44. The summed E-state index contributed by atoms with van der Waals surface area (Å²) in [6, 6.07) is 5.17. The fourth-order valence-corrected chi connectivity index (χ4v) is 4.25. The molecule has 1 aliphatic carbocycles. The lowest BCUT2D eigenvalue weighted by Gasteiger charge is -2.47. The van der Waals surface area contributed by atoms with E-state index in [1.54, 1.807) is 12.1 Å². The van der Waals surface area contributed by atoms with Gasteiger partial charge in [-0.2, -0.15) is 0 Å². The highest BCUT2D eigenvalue weighted by molar-refractivity contribution is 7.90. The van der Waals surface area contributed by atoms with Crippen molar-refractivity contribution in [1.82, 2.24) is 0 Å². The minimum atomic E-state index is -3.32. The van der Waals surface area contributed by atoms with Crippen LogP contribution in [0.1, 0.15) is 44.6 Å². The molecule has 1 aromatic rings. The van der Waals surface area contributed by atoms with Gasteiger partial charge in [0.15, 0.2) is 9.84 Å². The van der Waals surface area contributed by atoms with Crippen LogP contribution in [0.4, 0.5) is 0 Å². The molecule has 0 bridgehead atoms. The monoisotopic (exact) mass is 310 g/mol. The van der Waals surface area contributed by atoms with Gasteiger partial charge >= 0.3 is 0 Å². The van der Waals surface area contributed by atoms with Crippen molar-refractivity contribution in [3.05, 3.63) is 23.8 Å². The van der Waals surface area contributed by atoms with E-state index in [2.05, 4.69) is 0 Å². The van der Waals surface area contributed by atoms with Crippen LogP contribution in [0.5, 0.6) is 5.75 Å². The number of ether oxygens (including phenoxy) is 1.